The van der Waals surface area contributed by atoms with Crippen LogP contribution < -0.4 is 4.90 Å². The lowest BCUT2D eigenvalue weighted by Crippen LogP contribution is -2.12. The second-order valence-electron chi connectivity index (χ2n) is 16.1. The third-order valence-corrected chi connectivity index (χ3v) is 13.6. The Bertz CT molecular complexity index is 3610. The molecule has 0 radical (unpaired) electrons. The minimum absolute atomic E-state index is 1.07. The fourth-order valence-corrected chi connectivity index (χ4v) is 10.7. The van der Waals surface area contributed by atoms with Crippen LogP contribution in [0.1, 0.15) is 0 Å². The average molecular weight is 821 g/mol. The van der Waals surface area contributed by atoms with E-state index in [4.69, 9.17) is 0 Å². The number of fused-ring (bicyclic) bond motifs is 6. The summed E-state index contributed by atoms with van der Waals surface area (Å²) in [6, 6.07) is 88.5. The molecule has 0 amide bonds. The van der Waals surface area contributed by atoms with Crippen molar-refractivity contribution in [2.24, 2.45) is 0 Å². The fraction of sp³-hybridized carbons (Fsp3) is 0. The number of para-hydroxylation sites is 2. The Hall–Kier alpha value is -7.98. The minimum atomic E-state index is 1.07. The normalized spacial score (nSPS) is 11.5. The highest BCUT2D eigenvalue weighted by atomic mass is 32.1. The number of rotatable bonds is 8. The van der Waals surface area contributed by atoms with Gasteiger partial charge in [0.1, 0.15) is 0 Å². The van der Waals surface area contributed by atoms with Gasteiger partial charge in [-0.25, -0.2) is 0 Å². The second-order valence-corrected chi connectivity index (χ2v) is 17.1. The summed E-state index contributed by atoms with van der Waals surface area (Å²) in [5.74, 6) is 0. The molecule has 296 valence electrons. The summed E-state index contributed by atoms with van der Waals surface area (Å²) in [5.41, 5.74) is 16.2. The number of thiophene rings is 1. The maximum Gasteiger partial charge on any atom is 0.0561 e. The van der Waals surface area contributed by atoms with Crippen molar-refractivity contribution < 1.29 is 0 Å². The van der Waals surface area contributed by atoms with Crippen LogP contribution >= 0.6 is 11.3 Å². The first-order valence-electron chi connectivity index (χ1n) is 21.5. The summed E-state index contributed by atoms with van der Waals surface area (Å²) in [4.78, 5) is 2.47. The molecule has 0 aliphatic heterocycles. The van der Waals surface area contributed by atoms with Crippen molar-refractivity contribution in [1.29, 1.82) is 0 Å². The van der Waals surface area contributed by atoms with Gasteiger partial charge in [0, 0.05) is 53.6 Å². The fourth-order valence-electron chi connectivity index (χ4n) is 9.50. The molecule has 0 saturated heterocycles. The van der Waals surface area contributed by atoms with Crippen LogP contribution in [0.3, 0.4) is 0 Å². The molecular formula is C60H40N2S. The van der Waals surface area contributed by atoms with E-state index in [9.17, 15) is 0 Å². The topological polar surface area (TPSA) is 8.17 Å². The molecule has 10 aromatic carbocycles. The monoisotopic (exact) mass is 820 g/mol. The van der Waals surface area contributed by atoms with Gasteiger partial charge in [-0.1, -0.05) is 182 Å². The standard InChI is InChI=1S/C60H40N2S/c1-5-18-41(19-6-1)48-35-33-46(39-54(48)42-20-7-2-8-21-42)61(47-34-36-51-50-26-13-15-30-56(50)62(58(51)40-47)45-24-11-4-12-25-45)57-37-32-44(38-55(57)43-22-9-3-10-23-43)49-28-17-29-53-52-27-14-16-31-59(52)63-60(49)53/h1-40H. The number of anilines is 3. The van der Waals surface area contributed by atoms with Gasteiger partial charge in [0.25, 0.3) is 0 Å². The van der Waals surface area contributed by atoms with Gasteiger partial charge >= 0.3 is 0 Å². The molecule has 2 heterocycles. The predicted molar refractivity (Wildman–Crippen MR) is 270 cm³/mol. The first-order chi connectivity index (χ1) is 31.3. The molecule has 12 rings (SSSR count). The molecule has 0 bridgehead atoms. The lowest BCUT2D eigenvalue weighted by molar-refractivity contribution is 1.18. The molecule has 0 unspecified atom stereocenters. The quantitative estimate of drug-likeness (QED) is 0.148. The molecule has 0 saturated carbocycles. The van der Waals surface area contributed by atoms with Crippen LogP contribution in [0, 0.1) is 0 Å². The summed E-state index contributed by atoms with van der Waals surface area (Å²) in [6.45, 7) is 0. The minimum Gasteiger partial charge on any atom is -0.310 e. The van der Waals surface area contributed by atoms with Crippen molar-refractivity contribution in [3.05, 3.63) is 243 Å². The highest BCUT2D eigenvalue weighted by Gasteiger charge is 2.23. The van der Waals surface area contributed by atoms with Crippen molar-refractivity contribution in [2.75, 3.05) is 4.90 Å². The van der Waals surface area contributed by atoms with Crippen LogP contribution in [0.5, 0.6) is 0 Å². The Morgan fingerprint density at radius 3 is 1.63 bits per heavy atom. The number of benzene rings is 10. The summed E-state index contributed by atoms with van der Waals surface area (Å²) in [7, 11) is 0. The van der Waals surface area contributed by atoms with Crippen LogP contribution in [0.4, 0.5) is 17.1 Å². The number of aromatic nitrogens is 1. The van der Waals surface area contributed by atoms with E-state index >= 15 is 0 Å². The van der Waals surface area contributed by atoms with E-state index in [2.05, 4.69) is 252 Å². The largest absolute Gasteiger partial charge is 0.310 e. The second kappa shape index (κ2) is 15.5. The zero-order valence-corrected chi connectivity index (χ0v) is 35.2. The summed E-state index contributed by atoms with van der Waals surface area (Å²) in [5, 5.41) is 5.06. The van der Waals surface area contributed by atoms with Gasteiger partial charge in [-0.3, -0.25) is 0 Å². The van der Waals surface area contributed by atoms with Crippen molar-refractivity contribution in [3.8, 4) is 50.2 Å². The smallest absolute Gasteiger partial charge is 0.0561 e. The number of nitrogens with zero attached hydrogens (tertiary/aromatic N) is 2. The van der Waals surface area contributed by atoms with Crippen LogP contribution in [0.25, 0.3) is 92.2 Å². The van der Waals surface area contributed by atoms with Crippen LogP contribution in [0.15, 0.2) is 243 Å². The van der Waals surface area contributed by atoms with Crippen LogP contribution in [0.2, 0.25) is 0 Å². The molecular weight excluding hydrogens is 781 g/mol. The maximum absolute atomic E-state index is 2.47. The van der Waals surface area contributed by atoms with Gasteiger partial charge in [-0.05, 0) is 99.6 Å². The lowest BCUT2D eigenvalue weighted by Gasteiger charge is -2.29. The highest BCUT2D eigenvalue weighted by Crippen LogP contribution is 2.48. The third-order valence-electron chi connectivity index (χ3n) is 12.4. The Labute approximate surface area is 370 Å². The SMILES string of the molecule is c1ccc(-c2ccc(N(c3ccc4c5ccccc5n(-c5ccccc5)c4c3)c3ccc(-c4cccc5c4sc4ccccc45)cc3-c3ccccc3)cc2-c2ccccc2)cc1. The van der Waals surface area contributed by atoms with Gasteiger partial charge in [0.15, 0.2) is 0 Å². The zero-order chi connectivity index (χ0) is 41.7. The van der Waals surface area contributed by atoms with Gasteiger partial charge in [0.05, 0.1) is 16.7 Å². The molecule has 3 heteroatoms. The van der Waals surface area contributed by atoms with Crippen molar-refractivity contribution in [3.63, 3.8) is 0 Å². The average Bonchev–Trinajstić information content (AvgIpc) is 3.91. The first kappa shape index (κ1) is 36.8. The van der Waals surface area contributed by atoms with E-state index in [1.54, 1.807) is 0 Å². The van der Waals surface area contributed by atoms with Gasteiger partial charge in [-0.15, -0.1) is 11.3 Å². The Morgan fingerprint density at radius 2 is 0.889 bits per heavy atom. The van der Waals surface area contributed by atoms with Gasteiger partial charge in [-0.2, -0.15) is 0 Å². The molecule has 0 aliphatic carbocycles. The van der Waals surface area contributed by atoms with E-state index in [0.717, 1.165) is 39.4 Å². The van der Waals surface area contributed by atoms with E-state index in [1.807, 2.05) is 11.3 Å². The molecule has 2 aromatic heterocycles. The van der Waals surface area contributed by atoms with Crippen LogP contribution in [-0.2, 0) is 0 Å². The third kappa shape index (κ3) is 6.41. The zero-order valence-electron chi connectivity index (χ0n) is 34.4. The van der Waals surface area contributed by atoms with Gasteiger partial charge < -0.3 is 9.47 Å². The van der Waals surface area contributed by atoms with Crippen molar-refractivity contribution >= 4 is 70.4 Å². The Balaban J connectivity index is 1.14. The maximum atomic E-state index is 2.47. The number of hydrogen-bond donors (Lipinski definition) is 0. The molecule has 0 N–H and O–H groups in total. The molecule has 2 nitrogen and oxygen atoms in total. The van der Waals surface area contributed by atoms with E-state index in [-0.39, 0.29) is 0 Å². The van der Waals surface area contributed by atoms with Gasteiger partial charge in [0.2, 0.25) is 0 Å². The summed E-state index contributed by atoms with van der Waals surface area (Å²) >= 11 is 1.88. The Kier molecular flexibility index (Phi) is 9.06. The van der Waals surface area contributed by atoms with E-state index in [1.165, 1.54) is 69.8 Å². The molecule has 0 fully saturated rings. The van der Waals surface area contributed by atoms with Crippen molar-refractivity contribution in [2.45, 2.75) is 0 Å². The molecule has 63 heavy (non-hydrogen) atoms. The van der Waals surface area contributed by atoms with E-state index < -0.39 is 0 Å². The van der Waals surface area contributed by atoms with Crippen LogP contribution in [-0.4, -0.2) is 4.57 Å². The molecule has 12 aromatic rings. The predicted octanol–water partition coefficient (Wildman–Crippen LogP) is 17.3. The Morgan fingerprint density at radius 1 is 0.317 bits per heavy atom. The highest BCUT2D eigenvalue weighted by molar-refractivity contribution is 7.26. The summed E-state index contributed by atoms with van der Waals surface area (Å²) < 4.78 is 5.03. The molecule has 0 spiro atoms. The lowest BCUT2D eigenvalue weighted by atomic mass is 9.92. The van der Waals surface area contributed by atoms with Crippen molar-refractivity contribution in [1.82, 2.24) is 4.57 Å². The number of hydrogen-bond acceptors (Lipinski definition) is 2. The summed E-state index contributed by atoms with van der Waals surface area (Å²) in [6.07, 6.45) is 0. The molecule has 0 atom stereocenters. The first-order valence-corrected chi connectivity index (χ1v) is 22.3. The molecule has 0 aliphatic rings. The van der Waals surface area contributed by atoms with E-state index in [0.29, 0.717) is 0 Å².